The molecule has 2 amide bonds. The highest BCUT2D eigenvalue weighted by Crippen LogP contribution is 2.24. The summed E-state index contributed by atoms with van der Waals surface area (Å²) >= 11 is 0. The molecule has 0 atom stereocenters. The van der Waals surface area contributed by atoms with Crippen LogP contribution in [0.3, 0.4) is 0 Å². The number of carbonyl (C=O) groups excluding carboxylic acids is 2. The number of benzene rings is 3. The zero-order valence-corrected chi connectivity index (χ0v) is 19.2. The lowest BCUT2D eigenvalue weighted by molar-refractivity contribution is -0.384. The molecule has 10 heteroatoms. The number of non-ortho nitro benzene ring substituents is 1. The van der Waals surface area contributed by atoms with Crippen molar-refractivity contribution < 1.29 is 23.6 Å². The fraction of sp³-hybridized carbons (Fsp3) is 0.154. The van der Waals surface area contributed by atoms with Crippen molar-refractivity contribution >= 4 is 35.1 Å². The van der Waals surface area contributed by atoms with Crippen molar-refractivity contribution in [2.24, 2.45) is 0 Å². The number of nitro benzene ring substituents is 1. The first kappa shape index (κ1) is 24.4. The van der Waals surface area contributed by atoms with E-state index in [0.29, 0.717) is 48.9 Å². The fourth-order valence-electron chi connectivity index (χ4n) is 3.69. The van der Waals surface area contributed by atoms with E-state index in [-0.39, 0.29) is 5.69 Å². The summed E-state index contributed by atoms with van der Waals surface area (Å²) in [7, 11) is 0. The van der Waals surface area contributed by atoms with Crippen LogP contribution in [-0.4, -0.2) is 48.0 Å². The molecule has 1 fully saturated rings. The van der Waals surface area contributed by atoms with Crippen molar-refractivity contribution in [1.82, 2.24) is 4.90 Å². The van der Waals surface area contributed by atoms with Gasteiger partial charge in [-0.2, -0.15) is 0 Å². The van der Waals surface area contributed by atoms with Crippen LogP contribution in [0.15, 0.2) is 78.9 Å². The van der Waals surface area contributed by atoms with E-state index in [9.17, 15) is 24.1 Å². The molecule has 36 heavy (non-hydrogen) atoms. The number of halogens is 1. The van der Waals surface area contributed by atoms with Gasteiger partial charge in [0.25, 0.3) is 5.69 Å². The number of carbonyl (C=O) groups is 2. The Bertz CT molecular complexity index is 1270. The summed E-state index contributed by atoms with van der Waals surface area (Å²) in [6.45, 7) is 1.64. The van der Waals surface area contributed by atoms with Gasteiger partial charge in [-0.05, 0) is 54.1 Å². The van der Waals surface area contributed by atoms with E-state index in [1.54, 1.807) is 41.3 Å². The summed E-state index contributed by atoms with van der Waals surface area (Å²) < 4.78 is 20.2. The summed E-state index contributed by atoms with van der Waals surface area (Å²) in [5.74, 6) is -0.491. The number of nitro groups is 1. The number of hydrogen-bond donors (Lipinski definition) is 1. The molecule has 0 spiro atoms. The minimum atomic E-state index is -0.502. The average Bonchev–Trinajstić information content (AvgIpc) is 2.88. The van der Waals surface area contributed by atoms with E-state index < -0.39 is 22.7 Å². The van der Waals surface area contributed by atoms with Crippen molar-refractivity contribution in [3.63, 3.8) is 0 Å². The predicted molar refractivity (Wildman–Crippen MR) is 133 cm³/mol. The smallest absolute Gasteiger partial charge is 0.410 e. The Morgan fingerprint density at radius 3 is 2.31 bits per heavy atom. The number of hydrogen-bond acceptors (Lipinski definition) is 6. The van der Waals surface area contributed by atoms with Crippen LogP contribution >= 0.6 is 0 Å². The first-order chi connectivity index (χ1) is 17.4. The van der Waals surface area contributed by atoms with Gasteiger partial charge in [-0.15, -0.1) is 0 Å². The van der Waals surface area contributed by atoms with E-state index in [0.717, 1.165) is 0 Å². The topological polar surface area (TPSA) is 105 Å². The molecule has 3 aromatic rings. The largest absolute Gasteiger partial charge is 0.415 e. The molecule has 0 unspecified atom stereocenters. The Labute approximate surface area is 206 Å². The summed E-state index contributed by atoms with van der Waals surface area (Å²) in [4.78, 5) is 38.2. The van der Waals surface area contributed by atoms with Gasteiger partial charge in [-0.3, -0.25) is 14.9 Å². The van der Waals surface area contributed by atoms with Crippen LogP contribution < -0.4 is 15.0 Å². The average molecular weight is 490 g/mol. The minimum absolute atomic E-state index is 0.0410. The van der Waals surface area contributed by atoms with Crippen LogP contribution in [0.25, 0.3) is 6.08 Å². The van der Waals surface area contributed by atoms with Gasteiger partial charge in [0.2, 0.25) is 5.91 Å². The van der Waals surface area contributed by atoms with Gasteiger partial charge in [-0.25, -0.2) is 9.18 Å². The molecular weight excluding hydrogens is 467 g/mol. The number of anilines is 2. The Kier molecular flexibility index (Phi) is 7.54. The van der Waals surface area contributed by atoms with Gasteiger partial charge in [0, 0.05) is 50.1 Å². The lowest BCUT2D eigenvalue weighted by atomic mass is 10.2. The van der Waals surface area contributed by atoms with Gasteiger partial charge >= 0.3 is 6.09 Å². The Morgan fingerprint density at radius 1 is 0.972 bits per heavy atom. The van der Waals surface area contributed by atoms with E-state index in [2.05, 4.69) is 5.32 Å². The molecule has 4 rings (SSSR count). The predicted octanol–water partition coefficient (Wildman–Crippen LogP) is 4.71. The Morgan fingerprint density at radius 2 is 1.67 bits per heavy atom. The van der Waals surface area contributed by atoms with Crippen molar-refractivity contribution in [3.8, 4) is 5.75 Å². The lowest BCUT2D eigenvalue weighted by Gasteiger charge is -2.35. The highest BCUT2D eigenvalue weighted by atomic mass is 19.1. The number of nitrogens with zero attached hydrogens (tertiary/aromatic N) is 3. The molecule has 3 aromatic carbocycles. The van der Waals surface area contributed by atoms with Crippen LogP contribution in [0.4, 0.5) is 26.2 Å². The SMILES string of the molecule is O=C(/C=C/c1ccc([N+](=O)[O-])cc1)Nc1ccc(N2CCN(C(=O)Oc3ccccc3)CC2)c(F)c1. The molecule has 0 aromatic heterocycles. The summed E-state index contributed by atoms with van der Waals surface area (Å²) in [6, 6.07) is 19.0. The van der Waals surface area contributed by atoms with Crippen LogP contribution in [0.5, 0.6) is 5.75 Å². The molecule has 0 saturated carbocycles. The molecule has 1 aliphatic rings. The zero-order valence-electron chi connectivity index (χ0n) is 19.2. The van der Waals surface area contributed by atoms with Gasteiger partial charge in [-0.1, -0.05) is 18.2 Å². The third kappa shape index (κ3) is 6.23. The van der Waals surface area contributed by atoms with Gasteiger partial charge in [0.1, 0.15) is 11.6 Å². The molecule has 1 saturated heterocycles. The van der Waals surface area contributed by atoms with Crippen molar-refractivity contribution in [3.05, 3.63) is 100 Å². The zero-order chi connectivity index (χ0) is 25.5. The standard InChI is InChI=1S/C26H23FN4O5/c27-23-18-20(28-25(32)13-8-19-6-10-21(11-7-19)31(34)35)9-12-24(23)29-14-16-30(17-15-29)26(33)36-22-4-2-1-3-5-22/h1-13,18H,14-17H2,(H,28,32)/b13-8+. The molecule has 1 heterocycles. The number of para-hydroxylation sites is 1. The molecule has 1 N–H and O–H groups in total. The molecule has 0 radical (unpaired) electrons. The molecule has 9 nitrogen and oxygen atoms in total. The van der Waals surface area contributed by atoms with Gasteiger partial charge in [0.05, 0.1) is 10.6 Å². The maximum atomic E-state index is 14.8. The highest BCUT2D eigenvalue weighted by molar-refractivity contribution is 6.02. The van der Waals surface area contributed by atoms with E-state index in [1.807, 2.05) is 11.0 Å². The fourth-order valence-corrected chi connectivity index (χ4v) is 3.69. The second-order valence-corrected chi connectivity index (χ2v) is 7.99. The van der Waals surface area contributed by atoms with E-state index in [4.69, 9.17) is 4.74 Å². The van der Waals surface area contributed by atoms with Crippen molar-refractivity contribution in [1.29, 1.82) is 0 Å². The number of amides is 2. The normalized spacial score (nSPS) is 13.5. The monoisotopic (exact) mass is 490 g/mol. The molecule has 0 bridgehead atoms. The summed E-state index contributed by atoms with van der Waals surface area (Å²) in [5.41, 5.74) is 1.25. The van der Waals surface area contributed by atoms with Crippen molar-refractivity contribution in [2.75, 3.05) is 36.4 Å². The highest BCUT2D eigenvalue weighted by Gasteiger charge is 2.24. The van der Waals surface area contributed by atoms with Crippen LogP contribution in [0, 0.1) is 15.9 Å². The first-order valence-electron chi connectivity index (χ1n) is 11.2. The third-order valence-electron chi connectivity index (χ3n) is 5.57. The van der Waals surface area contributed by atoms with E-state index in [1.165, 1.54) is 42.5 Å². The molecule has 0 aliphatic carbocycles. The van der Waals surface area contributed by atoms with Gasteiger partial charge < -0.3 is 19.9 Å². The van der Waals surface area contributed by atoms with E-state index >= 15 is 0 Å². The Balaban J connectivity index is 1.30. The minimum Gasteiger partial charge on any atom is -0.410 e. The van der Waals surface area contributed by atoms with Crippen LogP contribution in [0.2, 0.25) is 0 Å². The van der Waals surface area contributed by atoms with Crippen molar-refractivity contribution in [2.45, 2.75) is 0 Å². The second kappa shape index (κ2) is 11.1. The first-order valence-corrected chi connectivity index (χ1v) is 11.2. The maximum absolute atomic E-state index is 14.8. The number of ether oxygens (including phenoxy) is 1. The molecule has 184 valence electrons. The Hall–Kier alpha value is -4.73. The lowest BCUT2D eigenvalue weighted by Crippen LogP contribution is -2.49. The summed E-state index contributed by atoms with van der Waals surface area (Å²) in [6.07, 6.45) is 2.33. The second-order valence-electron chi connectivity index (χ2n) is 7.99. The number of rotatable bonds is 6. The van der Waals surface area contributed by atoms with Gasteiger partial charge in [0.15, 0.2) is 0 Å². The summed E-state index contributed by atoms with van der Waals surface area (Å²) in [5, 5.41) is 13.3. The number of piperazine rings is 1. The molecule has 1 aliphatic heterocycles. The van der Waals surface area contributed by atoms with Crippen LogP contribution in [0.1, 0.15) is 5.56 Å². The quantitative estimate of drug-likeness (QED) is 0.305. The third-order valence-corrected chi connectivity index (χ3v) is 5.57. The van der Waals surface area contributed by atoms with Crippen LogP contribution in [-0.2, 0) is 4.79 Å². The molecular formula is C26H23FN4O5. The maximum Gasteiger partial charge on any atom is 0.415 e. The number of nitrogens with one attached hydrogen (secondary N) is 1.